The lowest BCUT2D eigenvalue weighted by Crippen LogP contribution is -2.20. The van der Waals surface area contributed by atoms with Crippen LogP contribution in [0.25, 0.3) is 4.85 Å². The summed E-state index contributed by atoms with van der Waals surface area (Å²) in [6, 6.07) is 3.50. The second-order valence-electron chi connectivity index (χ2n) is 4.42. The molecular weight excluding hydrogens is 206 g/mol. The van der Waals surface area contributed by atoms with Gasteiger partial charge in [0.15, 0.2) is 11.8 Å². The Morgan fingerprint density at radius 2 is 2.25 bits per heavy atom. The molecule has 1 heterocycles. The third-order valence-corrected chi connectivity index (χ3v) is 2.17. The highest BCUT2D eigenvalue weighted by molar-refractivity contribution is 5.21. The van der Waals surface area contributed by atoms with Gasteiger partial charge in [0.2, 0.25) is 0 Å². The van der Waals surface area contributed by atoms with E-state index in [2.05, 4.69) is 10.0 Å². The number of hydrogen-bond acceptors (Lipinski definition) is 4. The predicted octanol–water partition coefficient (Wildman–Crippen LogP) is 1.65. The van der Waals surface area contributed by atoms with Crippen LogP contribution in [0, 0.1) is 17.9 Å². The van der Waals surface area contributed by atoms with Crippen molar-refractivity contribution >= 4 is 0 Å². The highest BCUT2D eigenvalue weighted by Crippen LogP contribution is 2.23. The van der Waals surface area contributed by atoms with Crippen molar-refractivity contribution in [2.75, 3.05) is 0 Å². The fourth-order valence-corrected chi connectivity index (χ4v) is 1.14. The molecule has 5 nitrogen and oxygen atoms in total. The Kier molecular flexibility index (Phi) is 3.02. The van der Waals surface area contributed by atoms with Crippen LogP contribution in [0.5, 0.6) is 0 Å². The maximum Gasteiger partial charge on any atom is 0.318 e. The van der Waals surface area contributed by atoms with Crippen LogP contribution in [-0.2, 0) is 12.0 Å². The Hall–Kier alpha value is -1.85. The maximum atomic E-state index is 9.66. The molecule has 0 aliphatic carbocycles. The zero-order valence-electron chi connectivity index (χ0n) is 9.48. The predicted molar refractivity (Wildman–Crippen MR) is 56.1 cm³/mol. The molecule has 0 radical (unpaired) electrons. The highest BCUT2D eigenvalue weighted by Gasteiger charge is 2.33. The van der Waals surface area contributed by atoms with Crippen LogP contribution in [0.3, 0.4) is 0 Å². The quantitative estimate of drug-likeness (QED) is 0.784. The van der Waals surface area contributed by atoms with Crippen molar-refractivity contribution in [1.82, 2.24) is 5.16 Å². The van der Waals surface area contributed by atoms with Crippen molar-refractivity contribution in [3.63, 3.8) is 0 Å². The van der Waals surface area contributed by atoms with Gasteiger partial charge in [-0.2, -0.15) is 5.26 Å². The summed E-state index contributed by atoms with van der Waals surface area (Å²) < 4.78 is 4.95. The molecule has 0 fully saturated rings. The number of aliphatic hydroxyl groups is 1. The number of aromatic nitrogens is 1. The third-order valence-electron chi connectivity index (χ3n) is 2.17. The smallest absolute Gasteiger partial charge is 0.318 e. The fraction of sp³-hybridized carbons (Fsp3) is 0.545. The van der Waals surface area contributed by atoms with Gasteiger partial charge in [-0.1, -0.05) is 5.16 Å². The first-order valence-electron chi connectivity index (χ1n) is 4.79. The summed E-state index contributed by atoms with van der Waals surface area (Å²) in [7, 11) is 0. The summed E-state index contributed by atoms with van der Waals surface area (Å²) in [5, 5.41) is 22.2. The minimum Gasteiger partial charge on any atom is -0.382 e. The Bertz CT molecular complexity index is 443. The van der Waals surface area contributed by atoms with Crippen LogP contribution in [0.1, 0.15) is 32.2 Å². The minimum atomic E-state index is -1.13. The molecule has 1 N–H and O–H groups in total. The Morgan fingerprint density at radius 1 is 1.62 bits per heavy atom. The highest BCUT2D eigenvalue weighted by atomic mass is 16.5. The van der Waals surface area contributed by atoms with E-state index in [4.69, 9.17) is 16.4 Å². The largest absolute Gasteiger partial charge is 0.382 e. The van der Waals surface area contributed by atoms with E-state index in [0.717, 1.165) is 0 Å². The molecule has 1 aromatic heterocycles. The molecule has 16 heavy (non-hydrogen) atoms. The molecule has 1 atom stereocenters. The van der Waals surface area contributed by atoms with Gasteiger partial charge in [-0.25, -0.2) is 6.57 Å². The monoisotopic (exact) mass is 219 g/mol. The normalized spacial score (nSPS) is 14.9. The van der Waals surface area contributed by atoms with Crippen molar-refractivity contribution in [2.24, 2.45) is 0 Å². The Labute approximate surface area is 94.1 Å². The lowest BCUT2D eigenvalue weighted by molar-refractivity contribution is 0.0475. The Balaban J connectivity index is 2.91. The van der Waals surface area contributed by atoms with Gasteiger partial charge in [0.05, 0.1) is 12.1 Å². The van der Waals surface area contributed by atoms with Crippen LogP contribution in [-0.4, -0.2) is 15.8 Å². The van der Waals surface area contributed by atoms with Crippen molar-refractivity contribution in [2.45, 2.75) is 38.3 Å². The standard InChI is InChI=1S/C11H13N3O2/c1-10(2,15)9-5-8(14-16-9)6-11(3,7-12)13-4/h5,15H,6H2,1-3H3. The van der Waals surface area contributed by atoms with Gasteiger partial charge in [-0.3, -0.25) is 4.85 Å². The van der Waals surface area contributed by atoms with Gasteiger partial charge >= 0.3 is 5.54 Å². The first-order chi connectivity index (χ1) is 7.30. The van der Waals surface area contributed by atoms with Gasteiger partial charge in [-0.15, -0.1) is 0 Å². The van der Waals surface area contributed by atoms with Crippen molar-refractivity contribution in [1.29, 1.82) is 5.26 Å². The van der Waals surface area contributed by atoms with Crippen molar-refractivity contribution in [3.8, 4) is 6.07 Å². The second kappa shape index (κ2) is 3.96. The second-order valence-corrected chi connectivity index (χ2v) is 4.42. The molecule has 0 aromatic carbocycles. The van der Waals surface area contributed by atoms with E-state index in [1.165, 1.54) is 0 Å². The summed E-state index contributed by atoms with van der Waals surface area (Å²) in [5.41, 5.74) is -1.74. The summed E-state index contributed by atoms with van der Waals surface area (Å²) in [6.45, 7) is 11.6. The third kappa shape index (κ3) is 2.59. The van der Waals surface area contributed by atoms with Gasteiger partial charge in [0.25, 0.3) is 0 Å². The van der Waals surface area contributed by atoms with Crippen LogP contribution in [0.15, 0.2) is 10.6 Å². The molecule has 1 aromatic rings. The minimum absolute atomic E-state index is 0.187. The zero-order chi connectivity index (χ0) is 12.4. The van der Waals surface area contributed by atoms with E-state index in [-0.39, 0.29) is 6.42 Å². The number of rotatable bonds is 3. The van der Waals surface area contributed by atoms with E-state index in [1.54, 1.807) is 26.8 Å². The molecule has 84 valence electrons. The molecule has 0 amide bonds. The number of nitrogens with zero attached hydrogens (tertiary/aromatic N) is 3. The SMILES string of the molecule is [C-]#[N+]C(C)(C#N)Cc1cc(C(C)(C)O)on1. The number of hydrogen-bond donors (Lipinski definition) is 1. The first-order valence-corrected chi connectivity index (χ1v) is 4.79. The summed E-state index contributed by atoms with van der Waals surface area (Å²) >= 11 is 0. The van der Waals surface area contributed by atoms with E-state index >= 15 is 0 Å². The van der Waals surface area contributed by atoms with E-state index in [1.807, 2.05) is 6.07 Å². The topological polar surface area (TPSA) is 74.4 Å². The molecule has 1 unspecified atom stereocenters. The van der Waals surface area contributed by atoms with Crippen LogP contribution >= 0.6 is 0 Å². The number of nitriles is 1. The zero-order valence-corrected chi connectivity index (χ0v) is 9.48. The first kappa shape index (κ1) is 12.2. The Morgan fingerprint density at radius 3 is 2.62 bits per heavy atom. The molecule has 0 aliphatic rings. The molecule has 0 aliphatic heterocycles. The van der Waals surface area contributed by atoms with E-state index in [9.17, 15) is 5.11 Å². The molecule has 0 saturated carbocycles. The molecule has 0 spiro atoms. The van der Waals surface area contributed by atoms with Crippen molar-refractivity contribution < 1.29 is 9.63 Å². The average molecular weight is 219 g/mol. The van der Waals surface area contributed by atoms with Gasteiger partial charge in [0, 0.05) is 13.0 Å². The lowest BCUT2D eigenvalue weighted by Gasteiger charge is -2.11. The molecule has 0 bridgehead atoms. The lowest BCUT2D eigenvalue weighted by atomic mass is 9.98. The summed E-state index contributed by atoms with van der Waals surface area (Å²) in [5.74, 6) is 0.327. The van der Waals surface area contributed by atoms with Crippen LogP contribution in [0.2, 0.25) is 0 Å². The molecule has 0 saturated heterocycles. The van der Waals surface area contributed by atoms with Crippen LogP contribution in [0.4, 0.5) is 0 Å². The molecular formula is C11H13N3O2. The average Bonchev–Trinajstić information content (AvgIpc) is 2.65. The summed E-state index contributed by atoms with van der Waals surface area (Å²) in [6.07, 6.45) is 0.187. The maximum absolute atomic E-state index is 9.66. The van der Waals surface area contributed by atoms with Gasteiger partial charge in [-0.05, 0) is 13.8 Å². The molecule has 1 rings (SSSR count). The van der Waals surface area contributed by atoms with E-state index in [0.29, 0.717) is 11.5 Å². The summed E-state index contributed by atoms with van der Waals surface area (Å²) in [4.78, 5) is 3.25. The van der Waals surface area contributed by atoms with E-state index < -0.39 is 11.1 Å². The van der Waals surface area contributed by atoms with Crippen molar-refractivity contribution in [3.05, 3.63) is 28.9 Å². The van der Waals surface area contributed by atoms with Crippen LogP contribution < -0.4 is 0 Å². The van der Waals surface area contributed by atoms with Gasteiger partial charge < -0.3 is 9.63 Å². The fourth-order valence-electron chi connectivity index (χ4n) is 1.14. The molecule has 5 heteroatoms. The van der Waals surface area contributed by atoms with Gasteiger partial charge in [0.1, 0.15) is 5.60 Å².